The highest BCUT2D eigenvalue weighted by atomic mass is 127. The number of halogens is 5. The minimum Gasteiger partial charge on any atom is -0.481 e. The molecule has 0 unspecified atom stereocenters. The fourth-order valence-electron chi connectivity index (χ4n) is 1.21. The number of carboxylic acids is 1. The summed E-state index contributed by atoms with van der Waals surface area (Å²) in [7, 11) is 0. The summed E-state index contributed by atoms with van der Waals surface area (Å²) in [6.07, 6.45) is -4.66. The van der Waals surface area contributed by atoms with Crippen LogP contribution in [-0.4, -0.2) is 22.4 Å². The molecule has 0 aliphatic heterocycles. The summed E-state index contributed by atoms with van der Waals surface area (Å²) >= 11 is 1.50. The Bertz CT molecular complexity index is 464. The Morgan fingerprint density at radius 1 is 1.50 bits per heavy atom. The van der Waals surface area contributed by atoms with Crippen molar-refractivity contribution in [3.05, 3.63) is 21.0 Å². The van der Waals surface area contributed by atoms with Crippen molar-refractivity contribution in [2.45, 2.75) is 19.5 Å². The van der Waals surface area contributed by atoms with E-state index in [1.165, 1.54) is 22.6 Å². The minimum atomic E-state index is -4.98. The highest BCUT2D eigenvalue weighted by Crippen LogP contribution is 2.33. The second-order valence-corrected chi connectivity index (χ2v) is 4.27. The third-order valence-corrected chi connectivity index (χ3v) is 2.61. The van der Waals surface area contributed by atoms with Crippen molar-refractivity contribution in [3.63, 3.8) is 0 Å². The number of aliphatic carboxylic acids is 1. The molecule has 9 heteroatoms. The van der Waals surface area contributed by atoms with Crippen molar-refractivity contribution in [2.24, 2.45) is 0 Å². The normalized spacial score (nSPS) is 11.4. The van der Waals surface area contributed by atoms with Gasteiger partial charge in [-0.2, -0.15) is 0 Å². The van der Waals surface area contributed by atoms with Crippen molar-refractivity contribution in [1.82, 2.24) is 4.98 Å². The van der Waals surface area contributed by atoms with Crippen molar-refractivity contribution in [3.8, 4) is 5.75 Å². The molecule has 0 saturated carbocycles. The Morgan fingerprint density at radius 2 is 2.11 bits per heavy atom. The molecule has 0 aliphatic rings. The lowest BCUT2D eigenvalue weighted by Crippen LogP contribution is -2.20. The standard InChI is InChI=1S/C9H6F4INO3/c10-2-4-6(1-7(16)17)15-3-5(14)8(4)18-9(11,12)13/h3H,1-2H2,(H,16,17). The average molecular weight is 379 g/mol. The van der Waals surface area contributed by atoms with Gasteiger partial charge in [-0.15, -0.1) is 13.2 Å². The molecular weight excluding hydrogens is 373 g/mol. The van der Waals surface area contributed by atoms with Gasteiger partial charge in [0.1, 0.15) is 6.67 Å². The third kappa shape index (κ3) is 3.96. The first-order valence-corrected chi connectivity index (χ1v) is 5.52. The van der Waals surface area contributed by atoms with Gasteiger partial charge in [-0.1, -0.05) is 0 Å². The maximum absolute atomic E-state index is 12.8. The number of nitrogens with zero attached hydrogens (tertiary/aromatic N) is 1. The van der Waals surface area contributed by atoms with Gasteiger partial charge in [0, 0.05) is 11.8 Å². The smallest absolute Gasteiger partial charge is 0.481 e. The fourth-order valence-corrected chi connectivity index (χ4v) is 1.78. The van der Waals surface area contributed by atoms with E-state index in [1.807, 2.05) is 0 Å². The van der Waals surface area contributed by atoms with Gasteiger partial charge in [-0.25, -0.2) is 4.39 Å². The molecule has 0 radical (unpaired) electrons. The first kappa shape index (κ1) is 14.9. The average Bonchev–Trinajstić information content (AvgIpc) is 2.20. The summed E-state index contributed by atoms with van der Waals surface area (Å²) in [5, 5.41) is 8.55. The van der Waals surface area contributed by atoms with Crippen LogP contribution in [-0.2, 0) is 17.9 Å². The van der Waals surface area contributed by atoms with Crippen LogP contribution in [0.4, 0.5) is 17.6 Å². The molecule has 4 nitrogen and oxygen atoms in total. The van der Waals surface area contributed by atoms with Gasteiger partial charge in [-0.05, 0) is 22.6 Å². The molecule has 0 fully saturated rings. The summed E-state index contributed by atoms with van der Waals surface area (Å²) in [4.78, 5) is 14.1. The second kappa shape index (κ2) is 5.67. The molecule has 1 rings (SSSR count). The topological polar surface area (TPSA) is 59.4 Å². The Labute approximate surface area is 112 Å². The maximum atomic E-state index is 12.8. The van der Waals surface area contributed by atoms with Gasteiger partial charge in [-0.3, -0.25) is 9.78 Å². The molecular formula is C9H6F4INO3. The van der Waals surface area contributed by atoms with Crippen LogP contribution in [0.15, 0.2) is 6.20 Å². The molecule has 1 aromatic rings. The summed E-state index contributed by atoms with van der Waals surface area (Å²) in [5.41, 5.74) is -0.786. The lowest BCUT2D eigenvalue weighted by Gasteiger charge is -2.15. The zero-order valence-corrected chi connectivity index (χ0v) is 10.7. The summed E-state index contributed by atoms with van der Waals surface area (Å²) in [5.74, 6) is -2.06. The SMILES string of the molecule is O=C(O)Cc1ncc(I)c(OC(F)(F)F)c1CF. The molecule has 100 valence electrons. The molecule has 18 heavy (non-hydrogen) atoms. The third-order valence-electron chi connectivity index (χ3n) is 1.84. The Hall–Kier alpha value is -1.13. The summed E-state index contributed by atoms with van der Waals surface area (Å²) in [6.45, 7) is -1.29. The van der Waals surface area contributed by atoms with Crippen molar-refractivity contribution >= 4 is 28.6 Å². The quantitative estimate of drug-likeness (QED) is 0.646. The van der Waals surface area contributed by atoms with Gasteiger partial charge >= 0.3 is 12.3 Å². The largest absolute Gasteiger partial charge is 0.573 e. The van der Waals surface area contributed by atoms with Crippen molar-refractivity contribution in [1.29, 1.82) is 0 Å². The van der Waals surface area contributed by atoms with Crippen LogP contribution in [0.5, 0.6) is 5.75 Å². The zero-order valence-electron chi connectivity index (χ0n) is 8.59. The van der Waals surface area contributed by atoms with E-state index in [2.05, 4.69) is 9.72 Å². The predicted octanol–water partition coefficient (Wildman–Crippen LogP) is 2.68. The van der Waals surface area contributed by atoms with Gasteiger partial charge in [0.15, 0.2) is 5.75 Å². The van der Waals surface area contributed by atoms with Crippen LogP contribution in [0.25, 0.3) is 0 Å². The van der Waals surface area contributed by atoms with Crippen LogP contribution in [0, 0.1) is 3.57 Å². The molecule has 0 aliphatic carbocycles. The lowest BCUT2D eigenvalue weighted by molar-refractivity contribution is -0.275. The van der Waals surface area contributed by atoms with Gasteiger partial charge in [0.2, 0.25) is 0 Å². The number of hydrogen-bond acceptors (Lipinski definition) is 3. The van der Waals surface area contributed by atoms with Crippen molar-refractivity contribution < 1.29 is 32.2 Å². The number of alkyl halides is 4. The number of pyridine rings is 1. The van der Waals surface area contributed by atoms with Crippen molar-refractivity contribution in [2.75, 3.05) is 0 Å². The lowest BCUT2D eigenvalue weighted by atomic mass is 10.1. The molecule has 0 aromatic carbocycles. The molecule has 0 spiro atoms. The monoisotopic (exact) mass is 379 g/mol. The van der Waals surface area contributed by atoms with Crippen LogP contribution in [0.2, 0.25) is 0 Å². The highest BCUT2D eigenvalue weighted by molar-refractivity contribution is 14.1. The van der Waals surface area contributed by atoms with Crippen LogP contribution >= 0.6 is 22.6 Å². The van der Waals surface area contributed by atoms with E-state index in [0.717, 1.165) is 6.20 Å². The van der Waals surface area contributed by atoms with Gasteiger partial charge in [0.05, 0.1) is 15.7 Å². The van der Waals surface area contributed by atoms with E-state index in [0.29, 0.717) is 0 Å². The van der Waals surface area contributed by atoms with Crippen LogP contribution in [0.1, 0.15) is 11.3 Å². The maximum Gasteiger partial charge on any atom is 0.573 e. The molecule has 1 aromatic heterocycles. The minimum absolute atomic E-state index is 0.0493. The van der Waals surface area contributed by atoms with E-state index >= 15 is 0 Å². The summed E-state index contributed by atoms with van der Waals surface area (Å²) in [6, 6.07) is 0. The fraction of sp³-hybridized carbons (Fsp3) is 0.333. The molecule has 0 bridgehead atoms. The highest BCUT2D eigenvalue weighted by Gasteiger charge is 2.34. The number of carboxylic acid groups (broad SMARTS) is 1. The number of hydrogen-bond donors (Lipinski definition) is 1. The number of carbonyl (C=O) groups is 1. The van der Waals surface area contributed by atoms with Crippen LogP contribution in [0.3, 0.4) is 0 Å². The molecule has 0 amide bonds. The van der Waals surface area contributed by atoms with E-state index in [4.69, 9.17) is 5.11 Å². The molecule has 1 N–H and O–H groups in total. The summed E-state index contributed by atoms with van der Waals surface area (Å²) < 4.78 is 52.9. The number of rotatable bonds is 4. The van der Waals surface area contributed by atoms with Gasteiger partial charge in [0.25, 0.3) is 0 Å². The first-order valence-electron chi connectivity index (χ1n) is 4.44. The number of ether oxygens (including phenoxy) is 1. The van der Waals surface area contributed by atoms with E-state index < -0.39 is 36.7 Å². The molecule has 1 heterocycles. The van der Waals surface area contributed by atoms with E-state index in [9.17, 15) is 22.4 Å². The Kier molecular flexibility index (Phi) is 4.71. The van der Waals surface area contributed by atoms with E-state index in [1.54, 1.807) is 0 Å². The van der Waals surface area contributed by atoms with Crippen LogP contribution < -0.4 is 4.74 Å². The molecule has 0 saturated heterocycles. The molecule has 0 atom stereocenters. The Balaban J connectivity index is 3.25. The predicted molar refractivity (Wildman–Crippen MR) is 59.8 cm³/mol. The number of aromatic nitrogens is 1. The zero-order chi connectivity index (χ0) is 13.9. The van der Waals surface area contributed by atoms with E-state index in [-0.39, 0.29) is 9.26 Å². The van der Waals surface area contributed by atoms with Gasteiger partial charge < -0.3 is 9.84 Å². The Morgan fingerprint density at radius 3 is 2.56 bits per heavy atom. The second-order valence-electron chi connectivity index (χ2n) is 3.11. The first-order chi connectivity index (χ1) is 8.24.